The Morgan fingerprint density at radius 2 is 2.29 bits per heavy atom. The zero-order chi connectivity index (χ0) is 15.7. The number of hydrogen-bond acceptors (Lipinski definition) is 4. The van der Waals surface area contributed by atoms with Gasteiger partial charge in [-0.15, -0.1) is 6.58 Å². The molecule has 0 fully saturated rings. The van der Waals surface area contributed by atoms with Gasteiger partial charge in [0.15, 0.2) is 6.10 Å². The lowest BCUT2D eigenvalue weighted by Gasteiger charge is -2.17. The molecule has 0 aliphatic carbocycles. The van der Waals surface area contributed by atoms with Crippen LogP contribution in [0.3, 0.4) is 0 Å². The largest absolute Gasteiger partial charge is 0.493 e. The Balaban J connectivity index is 2.78. The molecule has 0 aliphatic rings. The molecule has 0 saturated heterocycles. The van der Waals surface area contributed by atoms with Crippen molar-refractivity contribution in [1.82, 2.24) is 5.32 Å². The van der Waals surface area contributed by atoms with Gasteiger partial charge in [-0.2, -0.15) is 0 Å². The number of ether oxygens (including phenoxy) is 2. The Bertz CT molecular complexity index is 473. The summed E-state index contributed by atoms with van der Waals surface area (Å²) in [5.41, 5.74) is 0.613. The fourth-order valence-corrected chi connectivity index (χ4v) is 1.65. The maximum absolute atomic E-state index is 11.8. The van der Waals surface area contributed by atoms with E-state index in [2.05, 4.69) is 11.9 Å². The molecule has 0 aliphatic heterocycles. The number of nitrogens with one attached hydrogen (secondary N) is 1. The Morgan fingerprint density at radius 3 is 2.90 bits per heavy atom. The van der Waals surface area contributed by atoms with E-state index in [-0.39, 0.29) is 12.5 Å². The van der Waals surface area contributed by atoms with E-state index in [0.29, 0.717) is 30.2 Å². The topological polar surface area (TPSA) is 67.8 Å². The highest BCUT2D eigenvalue weighted by molar-refractivity contribution is 5.80. The van der Waals surface area contributed by atoms with Gasteiger partial charge in [-0.3, -0.25) is 4.79 Å². The molecular weight excluding hydrogens is 270 g/mol. The van der Waals surface area contributed by atoms with Crippen molar-refractivity contribution in [3.05, 3.63) is 36.4 Å². The molecule has 1 amide bonds. The molecule has 0 bridgehead atoms. The number of rotatable bonds is 9. The summed E-state index contributed by atoms with van der Waals surface area (Å²) in [5, 5.41) is 12.0. The summed E-state index contributed by atoms with van der Waals surface area (Å²) in [6.45, 7) is 8.04. The van der Waals surface area contributed by atoms with Crippen molar-refractivity contribution in [2.24, 2.45) is 0 Å². The third-order valence-electron chi connectivity index (χ3n) is 2.78. The Labute approximate surface area is 125 Å². The zero-order valence-corrected chi connectivity index (χ0v) is 12.6. The molecule has 1 unspecified atom stereocenters. The second kappa shape index (κ2) is 9.02. The molecule has 0 saturated carbocycles. The van der Waals surface area contributed by atoms with E-state index >= 15 is 0 Å². The van der Waals surface area contributed by atoms with Crippen molar-refractivity contribution >= 4 is 5.91 Å². The predicted molar refractivity (Wildman–Crippen MR) is 81.4 cm³/mol. The van der Waals surface area contributed by atoms with Gasteiger partial charge < -0.3 is 19.9 Å². The molecule has 0 aromatic heterocycles. The van der Waals surface area contributed by atoms with Gasteiger partial charge in [0.25, 0.3) is 5.91 Å². The van der Waals surface area contributed by atoms with Crippen LogP contribution >= 0.6 is 0 Å². The Hall–Kier alpha value is -2.01. The number of aliphatic hydroxyl groups excluding tert-OH is 1. The first-order valence-corrected chi connectivity index (χ1v) is 7.04. The van der Waals surface area contributed by atoms with Crippen molar-refractivity contribution in [1.29, 1.82) is 0 Å². The summed E-state index contributed by atoms with van der Waals surface area (Å²) in [6.07, 6.45) is 1.83. The summed E-state index contributed by atoms with van der Waals surface area (Å²) >= 11 is 0. The molecule has 1 rings (SSSR count). The van der Waals surface area contributed by atoms with Gasteiger partial charge in [-0.05, 0) is 25.5 Å². The third kappa shape index (κ3) is 5.47. The highest BCUT2D eigenvalue weighted by atomic mass is 16.5. The molecule has 0 radical (unpaired) electrons. The number of carbonyl (C=O) groups excluding carboxylic acids is 1. The zero-order valence-electron chi connectivity index (χ0n) is 12.6. The molecule has 2 N–H and O–H groups in total. The van der Waals surface area contributed by atoms with Gasteiger partial charge in [0.1, 0.15) is 11.5 Å². The lowest BCUT2D eigenvalue weighted by molar-refractivity contribution is -0.127. The van der Waals surface area contributed by atoms with Crippen LogP contribution < -0.4 is 14.8 Å². The number of benzene rings is 1. The van der Waals surface area contributed by atoms with Crippen LogP contribution in [0.1, 0.15) is 25.8 Å². The molecule has 5 nitrogen and oxygen atoms in total. The minimum atomic E-state index is -0.670. The quantitative estimate of drug-likeness (QED) is 0.684. The molecule has 1 aromatic rings. The van der Waals surface area contributed by atoms with Crippen molar-refractivity contribution in [2.75, 3.05) is 13.2 Å². The maximum Gasteiger partial charge on any atom is 0.261 e. The van der Waals surface area contributed by atoms with Crippen molar-refractivity contribution in [3.63, 3.8) is 0 Å². The van der Waals surface area contributed by atoms with Gasteiger partial charge in [-0.25, -0.2) is 0 Å². The van der Waals surface area contributed by atoms with E-state index in [1.165, 1.54) is 0 Å². The summed E-state index contributed by atoms with van der Waals surface area (Å²) in [5.74, 6) is 0.869. The van der Waals surface area contributed by atoms with Crippen LogP contribution in [0.25, 0.3) is 0 Å². The minimum absolute atomic E-state index is 0.162. The van der Waals surface area contributed by atoms with Crippen LogP contribution in [0.2, 0.25) is 0 Å². The highest BCUT2D eigenvalue weighted by Gasteiger charge is 2.16. The first kappa shape index (κ1) is 17.0. The van der Waals surface area contributed by atoms with Gasteiger partial charge in [0, 0.05) is 18.2 Å². The molecule has 0 spiro atoms. The summed E-state index contributed by atoms with van der Waals surface area (Å²) < 4.78 is 11.2. The van der Waals surface area contributed by atoms with Crippen LogP contribution in [0.15, 0.2) is 30.9 Å². The lowest BCUT2D eigenvalue weighted by atomic mass is 10.2. The number of hydrogen-bond donors (Lipinski definition) is 2. The van der Waals surface area contributed by atoms with Crippen molar-refractivity contribution in [3.8, 4) is 11.5 Å². The third-order valence-corrected chi connectivity index (χ3v) is 2.78. The summed E-state index contributed by atoms with van der Waals surface area (Å²) in [6, 6.07) is 5.20. The van der Waals surface area contributed by atoms with Crippen molar-refractivity contribution in [2.45, 2.75) is 33.0 Å². The van der Waals surface area contributed by atoms with E-state index in [1.54, 1.807) is 31.2 Å². The summed E-state index contributed by atoms with van der Waals surface area (Å²) in [7, 11) is 0. The number of carbonyl (C=O) groups is 1. The SMILES string of the molecule is C=CCNC(=O)C(C)Oc1cc(OCCC)ccc1CO. The predicted octanol–water partition coefficient (Wildman–Crippen LogP) is 2.04. The smallest absolute Gasteiger partial charge is 0.261 e. The molecule has 1 aromatic carbocycles. The average Bonchev–Trinajstić information content (AvgIpc) is 2.50. The fourth-order valence-electron chi connectivity index (χ4n) is 1.65. The monoisotopic (exact) mass is 293 g/mol. The Kier molecular flexibility index (Phi) is 7.32. The van der Waals surface area contributed by atoms with Gasteiger partial charge in [0.2, 0.25) is 0 Å². The van der Waals surface area contributed by atoms with Crippen LogP contribution in [-0.2, 0) is 11.4 Å². The minimum Gasteiger partial charge on any atom is -0.493 e. The molecule has 1 atom stereocenters. The molecule has 5 heteroatoms. The second-order valence-corrected chi connectivity index (χ2v) is 4.57. The van der Waals surface area contributed by atoms with Crippen LogP contribution in [0.4, 0.5) is 0 Å². The maximum atomic E-state index is 11.8. The fraction of sp³-hybridized carbons (Fsp3) is 0.438. The first-order chi connectivity index (χ1) is 10.1. The average molecular weight is 293 g/mol. The van der Waals surface area contributed by atoms with Crippen LogP contribution in [0.5, 0.6) is 11.5 Å². The molecular formula is C16H23NO4. The van der Waals surface area contributed by atoms with Crippen LogP contribution in [0, 0.1) is 0 Å². The van der Waals surface area contributed by atoms with Crippen LogP contribution in [-0.4, -0.2) is 30.3 Å². The first-order valence-electron chi connectivity index (χ1n) is 7.04. The summed E-state index contributed by atoms with van der Waals surface area (Å²) in [4.78, 5) is 11.8. The normalized spacial score (nSPS) is 11.6. The lowest BCUT2D eigenvalue weighted by Crippen LogP contribution is -2.36. The van der Waals surface area contributed by atoms with E-state index in [4.69, 9.17) is 9.47 Å². The van der Waals surface area contributed by atoms with Gasteiger partial charge in [0.05, 0.1) is 13.2 Å². The standard InChI is InChI=1S/C16H23NO4/c1-4-8-17-16(19)12(3)21-15-10-14(20-9-5-2)7-6-13(15)11-18/h4,6-7,10,12,18H,1,5,8-9,11H2,2-3H3,(H,17,19). The van der Waals surface area contributed by atoms with E-state index in [9.17, 15) is 9.90 Å². The highest BCUT2D eigenvalue weighted by Crippen LogP contribution is 2.26. The van der Waals surface area contributed by atoms with E-state index in [1.807, 2.05) is 6.92 Å². The molecule has 0 heterocycles. The van der Waals surface area contributed by atoms with Gasteiger partial charge in [-0.1, -0.05) is 13.0 Å². The van der Waals surface area contributed by atoms with E-state index in [0.717, 1.165) is 6.42 Å². The number of aliphatic hydroxyl groups is 1. The van der Waals surface area contributed by atoms with Gasteiger partial charge >= 0.3 is 0 Å². The molecule has 21 heavy (non-hydrogen) atoms. The molecule has 116 valence electrons. The Morgan fingerprint density at radius 1 is 1.52 bits per heavy atom. The second-order valence-electron chi connectivity index (χ2n) is 4.57. The van der Waals surface area contributed by atoms with Crippen molar-refractivity contribution < 1.29 is 19.4 Å². The van der Waals surface area contributed by atoms with E-state index < -0.39 is 6.10 Å². The number of amides is 1.